The lowest BCUT2D eigenvalue weighted by Crippen LogP contribution is -2.63. The van der Waals surface area contributed by atoms with Gasteiger partial charge in [0, 0.05) is 13.1 Å². The van der Waals surface area contributed by atoms with Crippen molar-refractivity contribution in [1.29, 1.82) is 0 Å². The number of carbonyl (C=O) groups is 2. The van der Waals surface area contributed by atoms with Crippen LogP contribution < -0.4 is 5.32 Å². The van der Waals surface area contributed by atoms with Gasteiger partial charge in [-0.15, -0.1) is 0 Å². The molecule has 20 heavy (non-hydrogen) atoms. The monoisotopic (exact) mass is 276 g/mol. The van der Waals surface area contributed by atoms with E-state index in [1.165, 1.54) is 16.0 Å². The van der Waals surface area contributed by atoms with Gasteiger partial charge in [0.05, 0.1) is 0 Å². The van der Waals surface area contributed by atoms with E-state index in [2.05, 4.69) is 24.4 Å². The molecule has 1 atom stereocenters. The molecule has 0 aliphatic carbocycles. The highest BCUT2D eigenvalue weighted by atomic mass is 16.4. The largest absolute Gasteiger partial charge is 0.465 e. The summed E-state index contributed by atoms with van der Waals surface area (Å²) in [5, 5.41) is 11.7. The summed E-state index contributed by atoms with van der Waals surface area (Å²) in [5.41, 5.74) is 2.57. The van der Waals surface area contributed by atoms with Crippen LogP contribution in [0, 0.1) is 6.92 Å². The fourth-order valence-corrected chi connectivity index (χ4v) is 2.40. The van der Waals surface area contributed by atoms with E-state index in [1.807, 2.05) is 12.1 Å². The van der Waals surface area contributed by atoms with Crippen molar-refractivity contribution in [3.8, 4) is 0 Å². The van der Waals surface area contributed by atoms with E-state index in [1.54, 1.807) is 0 Å². The second kappa shape index (κ2) is 6.41. The summed E-state index contributed by atoms with van der Waals surface area (Å²) < 4.78 is 0. The molecule has 1 aliphatic heterocycles. The summed E-state index contributed by atoms with van der Waals surface area (Å²) >= 11 is 0. The van der Waals surface area contributed by atoms with Gasteiger partial charge in [0.25, 0.3) is 0 Å². The highest BCUT2D eigenvalue weighted by Crippen LogP contribution is 2.13. The van der Waals surface area contributed by atoms with Gasteiger partial charge in [-0.3, -0.25) is 9.69 Å². The smallest absolute Gasteiger partial charge is 0.408 e. The number of β-lactam (4-membered cyclic amide) rings is 1. The quantitative estimate of drug-likeness (QED) is 0.615. The number of carboxylic acid groups (broad SMARTS) is 1. The Hall–Kier alpha value is -2.04. The maximum atomic E-state index is 11.3. The number of unbranched alkanes of at least 4 members (excludes halogenated alkanes) is 1. The summed E-state index contributed by atoms with van der Waals surface area (Å²) in [4.78, 5) is 23.6. The van der Waals surface area contributed by atoms with E-state index in [-0.39, 0.29) is 5.91 Å². The molecule has 108 valence electrons. The highest BCUT2D eigenvalue weighted by Gasteiger charge is 2.35. The van der Waals surface area contributed by atoms with Gasteiger partial charge in [-0.2, -0.15) is 0 Å². The molecule has 0 aromatic heterocycles. The Morgan fingerprint density at radius 2 is 2.15 bits per heavy atom. The Morgan fingerprint density at radius 3 is 2.70 bits per heavy atom. The van der Waals surface area contributed by atoms with E-state index in [9.17, 15) is 9.59 Å². The van der Waals surface area contributed by atoms with Crippen molar-refractivity contribution in [1.82, 2.24) is 10.2 Å². The summed E-state index contributed by atoms with van der Waals surface area (Å²) in [6, 6.07) is 7.72. The van der Waals surface area contributed by atoms with Crippen LogP contribution in [0.3, 0.4) is 0 Å². The Morgan fingerprint density at radius 1 is 1.40 bits per heavy atom. The molecule has 0 radical (unpaired) electrons. The Bertz CT molecular complexity index is 502. The molecule has 0 saturated carbocycles. The van der Waals surface area contributed by atoms with Crippen LogP contribution in [0.1, 0.15) is 24.0 Å². The number of benzene rings is 1. The summed E-state index contributed by atoms with van der Waals surface area (Å²) in [6.45, 7) is 2.93. The van der Waals surface area contributed by atoms with Crippen molar-refractivity contribution < 1.29 is 14.7 Å². The number of nitrogens with one attached hydrogen (secondary N) is 1. The number of nitrogens with zero attached hydrogens (tertiary/aromatic N) is 1. The van der Waals surface area contributed by atoms with Crippen molar-refractivity contribution in [3.05, 3.63) is 35.4 Å². The van der Waals surface area contributed by atoms with Gasteiger partial charge >= 0.3 is 6.09 Å². The van der Waals surface area contributed by atoms with E-state index in [0.717, 1.165) is 19.3 Å². The predicted molar refractivity (Wildman–Crippen MR) is 75.6 cm³/mol. The van der Waals surface area contributed by atoms with Crippen molar-refractivity contribution in [2.75, 3.05) is 13.1 Å². The number of hydrogen-bond acceptors (Lipinski definition) is 2. The van der Waals surface area contributed by atoms with Gasteiger partial charge in [0.1, 0.15) is 6.04 Å². The Kier molecular flexibility index (Phi) is 4.61. The van der Waals surface area contributed by atoms with Gasteiger partial charge in [-0.1, -0.05) is 24.3 Å². The molecule has 1 saturated heterocycles. The Balaban J connectivity index is 1.78. The van der Waals surface area contributed by atoms with Crippen LogP contribution >= 0.6 is 0 Å². The third-order valence-corrected chi connectivity index (χ3v) is 3.75. The van der Waals surface area contributed by atoms with Crippen LogP contribution in [-0.4, -0.2) is 41.1 Å². The van der Waals surface area contributed by atoms with Gasteiger partial charge in [-0.25, -0.2) is 4.79 Å². The number of aryl methyl sites for hydroxylation is 2. The summed E-state index contributed by atoms with van der Waals surface area (Å²) in [5.74, 6) is -0.189. The van der Waals surface area contributed by atoms with Crippen molar-refractivity contribution in [3.63, 3.8) is 0 Å². The van der Waals surface area contributed by atoms with Gasteiger partial charge < -0.3 is 10.4 Å². The minimum atomic E-state index is -1.01. The third kappa shape index (κ3) is 3.29. The number of carbonyl (C=O) groups excluding carboxylic acids is 1. The van der Waals surface area contributed by atoms with Crippen LogP contribution in [0.15, 0.2) is 24.3 Å². The second-order valence-corrected chi connectivity index (χ2v) is 5.12. The first kappa shape index (κ1) is 14.4. The number of amides is 2. The SMILES string of the molecule is Cc1ccccc1CCCCN(C(=O)O)C1CNC1=O. The zero-order valence-corrected chi connectivity index (χ0v) is 11.6. The molecule has 1 unspecified atom stereocenters. The van der Waals surface area contributed by atoms with Crippen LogP contribution in [0.5, 0.6) is 0 Å². The molecule has 1 aromatic rings. The first-order valence-electron chi connectivity index (χ1n) is 6.91. The molecule has 2 rings (SSSR count). The standard InChI is InChI=1S/C15H20N2O3/c1-11-6-2-3-7-12(11)8-4-5-9-17(15(19)20)13-10-16-14(13)18/h2-3,6-7,13H,4-5,8-10H2,1H3,(H,16,18)(H,19,20). The van der Waals surface area contributed by atoms with Crippen LogP contribution in [0.25, 0.3) is 0 Å². The van der Waals surface area contributed by atoms with Gasteiger partial charge in [-0.05, 0) is 37.3 Å². The second-order valence-electron chi connectivity index (χ2n) is 5.12. The average Bonchev–Trinajstić information content (AvgIpc) is 2.41. The zero-order valence-electron chi connectivity index (χ0n) is 11.6. The third-order valence-electron chi connectivity index (χ3n) is 3.75. The summed E-state index contributed by atoms with van der Waals surface area (Å²) in [6.07, 6.45) is 1.62. The molecular formula is C15H20N2O3. The van der Waals surface area contributed by atoms with E-state index in [0.29, 0.717) is 13.1 Å². The predicted octanol–water partition coefficient (Wildman–Crippen LogP) is 1.80. The first-order valence-corrected chi connectivity index (χ1v) is 6.91. The molecule has 5 nitrogen and oxygen atoms in total. The van der Waals surface area contributed by atoms with Crippen molar-refractivity contribution in [2.24, 2.45) is 0 Å². The van der Waals surface area contributed by atoms with Crippen LogP contribution in [-0.2, 0) is 11.2 Å². The fraction of sp³-hybridized carbons (Fsp3) is 0.467. The van der Waals surface area contributed by atoms with E-state index < -0.39 is 12.1 Å². The van der Waals surface area contributed by atoms with Crippen molar-refractivity contribution >= 4 is 12.0 Å². The molecule has 1 aromatic carbocycles. The van der Waals surface area contributed by atoms with Gasteiger partial charge in [0.2, 0.25) is 5.91 Å². The molecule has 1 fully saturated rings. The molecule has 0 spiro atoms. The molecule has 5 heteroatoms. The molecule has 2 amide bonds. The topological polar surface area (TPSA) is 69.6 Å². The molecule has 0 bridgehead atoms. The Labute approximate surface area is 118 Å². The molecule has 2 N–H and O–H groups in total. The van der Waals surface area contributed by atoms with E-state index in [4.69, 9.17) is 5.11 Å². The molecular weight excluding hydrogens is 256 g/mol. The maximum absolute atomic E-state index is 11.3. The average molecular weight is 276 g/mol. The first-order chi connectivity index (χ1) is 9.59. The highest BCUT2D eigenvalue weighted by molar-refractivity contribution is 5.90. The van der Waals surface area contributed by atoms with Gasteiger partial charge in [0.15, 0.2) is 0 Å². The number of rotatable bonds is 6. The zero-order chi connectivity index (χ0) is 14.5. The van der Waals surface area contributed by atoms with E-state index >= 15 is 0 Å². The lowest BCUT2D eigenvalue weighted by atomic mass is 10.0. The minimum Gasteiger partial charge on any atom is -0.465 e. The number of hydrogen-bond donors (Lipinski definition) is 2. The normalized spacial score (nSPS) is 17.2. The summed E-state index contributed by atoms with van der Waals surface area (Å²) in [7, 11) is 0. The van der Waals surface area contributed by atoms with Crippen LogP contribution in [0.2, 0.25) is 0 Å². The maximum Gasteiger partial charge on any atom is 0.408 e. The lowest BCUT2D eigenvalue weighted by molar-refractivity contribution is -0.132. The van der Waals surface area contributed by atoms with Crippen LogP contribution in [0.4, 0.5) is 4.79 Å². The fourth-order valence-electron chi connectivity index (χ4n) is 2.40. The minimum absolute atomic E-state index is 0.189. The molecule has 1 heterocycles. The lowest BCUT2D eigenvalue weighted by Gasteiger charge is -2.34. The molecule has 1 aliphatic rings. The van der Waals surface area contributed by atoms with Crippen molar-refractivity contribution in [2.45, 2.75) is 32.2 Å².